The van der Waals surface area contributed by atoms with Crippen LogP contribution < -0.4 is 5.32 Å². The van der Waals surface area contributed by atoms with E-state index in [1.165, 1.54) is 6.07 Å². The summed E-state index contributed by atoms with van der Waals surface area (Å²) in [6.07, 6.45) is 4.15. The van der Waals surface area contributed by atoms with Gasteiger partial charge < -0.3 is 14.3 Å². The minimum Gasteiger partial charge on any atom is -0.461 e. The normalized spacial score (nSPS) is 10.9. The second kappa shape index (κ2) is 8.78. The molecular formula is C24H22FN3O2. The Hall–Kier alpha value is -3.67. The summed E-state index contributed by atoms with van der Waals surface area (Å²) in [5.74, 6) is 1.79. The van der Waals surface area contributed by atoms with Crippen molar-refractivity contribution in [1.82, 2.24) is 14.9 Å². The van der Waals surface area contributed by atoms with Crippen molar-refractivity contribution in [3.05, 3.63) is 96.0 Å². The van der Waals surface area contributed by atoms with Gasteiger partial charge in [0.1, 0.15) is 23.2 Å². The van der Waals surface area contributed by atoms with Crippen LogP contribution in [-0.2, 0) is 17.8 Å². The molecule has 4 aromatic rings. The summed E-state index contributed by atoms with van der Waals surface area (Å²) >= 11 is 0. The largest absolute Gasteiger partial charge is 0.461 e. The topological polar surface area (TPSA) is 60.1 Å². The van der Waals surface area contributed by atoms with E-state index in [0.717, 1.165) is 17.1 Å². The smallest absolute Gasteiger partial charge is 0.220 e. The predicted molar refractivity (Wildman–Crippen MR) is 113 cm³/mol. The van der Waals surface area contributed by atoms with Crippen molar-refractivity contribution in [2.24, 2.45) is 0 Å². The summed E-state index contributed by atoms with van der Waals surface area (Å²) in [6.45, 7) is 2.09. The average molecular weight is 403 g/mol. The number of amides is 1. The summed E-state index contributed by atoms with van der Waals surface area (Å²) < 4.78 is 22.0. The van der Waals surface area contributed by atoms with Gasteiger partial charge in [-0.2, -0.15) is 0 Å². The second-order valence-electron chi connectivity index (χ2n) is 7.04. The molecule has 0 fully saturated rings. The zero-order valence-electron chi connectivity index (χ0n) is 16.6. The molecule has 0 bridgehead atoms. The van der Waals surface area contributed by atoms with Gasteiger partial charge in [0.2, 0.25) is 5.91 Å². The van der Waals surface area contributed by atoms with Gasteiger partial charge in [-0.15, -0.1) is 0 Å². The van der Waals surface area contributed by atoms with Gasteiger partial charge in [-0.1, -0.05) is 36.4 Å². The Morgan fingerprint density at radius 2 is 1.97 bits per heavy atom. The zero-order chi connectivity index (χ0) is 20.9. The molecule has 2 aromatic carbocycles. The summed E-state index contributed by atoms with van der Waals surface area (Å²) in [7, 11) is 0. The molecule has 2 aromatic heterocycles. The van der Waals surface area contributed by atoms with Gasteiger partial charge in [0.15, 0.2) is 0 Å². The highest BCUT2D eigenvalue weighted by atomic mass is 19.1. The van der Waals surface area contributed by atoms with Crippen molar-refractivity contribution >= 4 is 5.91 Å². The van der Waals surface area contributed by atoms with E-state index in [4.69, 9.17) is 4.42 Å². The van der Waals surface area contributed by atoms with Crippen molar-refractivity contribution in [2.45, 2.75) is 26.3 Å². The van der Waals surface area contributed by atoms with Crippen LogP contribution in [0.5, 0.6) is 0 Å². The highest BCUT2D eigenvalue weighted by Crippen LogP contribution is 2.22. The van der Waals surface area contributed by atoms with Crippen molar-refractivity contribution in [3.8, 4) is 17.0 Å². The van der Waals surface area contributed by atoms with Crippen LogP contribution in [0, 0.1) is 12.7 Å². The molecule has 0 saturated heterocycles. The number of hydrogen-bond donors (Lipinski definition) is 1. The number of hydrogen-bond acceptors (Lipinski definition) is 3. The van der Waals surface area contributed by atoms with E-state index in [2.05, 4.69) is 10.3 Å². The van der Waals surface area contributed by atoms with Crippen LogP contribution in [0.4, 0.5) is 4.39 Å². The molecule has 1 N–H and O–H groups in total. The number of aromatic nitrogens is 2. The Balaban J connectivity index is 1.30. The summed E-state index contributed by atoms with van der Waals surface area (Å²) in [6, 6.07) is 18.6. The molecule has 152 valence electrons. The van der Waals surface area contributed by atoms with Crippen LogP contribution in [0.15, 0.2) is 77.5 Å². The lowest BCUT2D eigenvalue weighted by molar-refractivity contribution is -0.121. The minimum atomic E-state index is -0.355. The first-order valence-corrected chi connectivity index (χ1v) is 9.80. The summed E-state index contributed by atoms with van der Waals surface area (Å²) in [5.41, 5.74) is 2.14. The molecule has 0 aliphatic carbocycles. The van der Waals surface area contributed by atoms with Gasteiger partial charge in [0.25, 0.3) is 0 Å². The number of nitrogens with one attached hydrogen (secondary N) is 1. The number of carbonyl (C=O) groups is 1. The Bertz CT molecular complexity index is 1150. The maximum absolute atomic E-state index is 14.5. The fourth-order valence-corrected chi connectivity index (χ4v) is 3.28. The number of nitrogens with zero attached hydrogens (tertiary/aromatic N) is 2. The van der Waals surface area contributed by atoms with Gasteiger partial charge in [0.05, 0.1) is 5.69 Å². The van der Waals surface area contributed by atoms with Gasteiger partial charge in [0, 0.05) is 37.3 Å². The van der Waals surface area contributed by atoms with Crippen LogP contribution in [0.2, 0.25) is 0 Å². The number of imidazole rings is 1. The molecule has 1 amide bonds. The molecule has 0 unspecified atom stereocenters. The molecule has 0 saturated carbocycles. The van der Waals surface area contributed by atoms with Crippen LogP contribution in [-0.4, -0.2) is 15.5 Å². The molecular weight excluding hydrogens is 381 g/mol. The lowest BCUT2D eigenvalue weighted by Gasteiger charge is -2.09. The molecule has 6 heteroatoms. The van der Waals surface area contributed by atoms with Gasteiger partial charge in [-0.3, -0.25) is 4.79 Å². The molecule has 0 aliphatic rings. The fourth-order valence-electron chi connectivity index (χ4n) is 3.28. The van der Waals surface area contributed by atoms with Crippen LogP contribution in [0.1, 0.15) is 23.6 Å². The van der Waals surface area contributed by atoms with Crippen molar-refractivity contribution in [1.29, 1.82) is 0 Å². The third-order valence-corrected chi connectivity index (χ3v) is 4.91. The van der Waals surface area contributed by atoms with Crippen molar-refractivity contribution in [3.63, 3.8) is 0 Å². The maximum Gasteiger partial charge on any atom is 0.220 e. The molecule has 4 rings (SSSR count). The number of carbonyl (C=O) groups excluding carboxylic acids is 1. The van der Waals surface area contributed by atoms with Gasteiger partial charge in [-0.25, -0.2) is 9.37 Å². The van der Waals surface area contributed by atoms with Crippen molar-refractivity contribution < 1.29 is 13.6 Å². The first-order chi connectivity index (χ1) is 14.6. The standard InChI is InChI=1S/C24H22FN3O2/c1-17-26-13-14-28(17)22-10-7-18(15-21(22)25)16-27-24(29)12-9-20-8-11-23(30-20)19-5-3-2-4-6-19/h2-8,10-11,13-15H,9,12,16H2,1H3,(H,27,29). The Morgan fingerprint density at radius 1 is 1.13 bits per heavy atom. The number of benzene rings is 2. The summed E-state index contributed by atoms with van der Waals surface area (Å²) in [4.78, 5) is 16.3. The van der Waals surface area contributed by atoms with E-state index < -0.39 is 0 Å². The van der Waals surface area contributed by atoms with Crippen LogP contribution in [0.25, 0.3) is 17.0 Å². The lowest BCUT2D eigenvalue weighted by Crippen LogP contribution is -2.23. The van der Waals surface area contributed by atoms with Crippen LogP contribution in [0.3, 0.4) is 0 Å². The third-order valence-electron chi connectivity index (χ3n) is 4.91. The van der Waals surface area contributed by atoms with E-state index in [0.29, 0.717) is 29.9 Å². The number of aryl methyl sites for hydroxylation is 2. The van der Waals surface area contributed by atoms with E-state index in [9.17, 15) is 9.18 Å². The predicted octanol–water partition coefficient (Wildman–Crippen LogP) is 4.83. The molecule has 0 aliphatic heterocycles. The van der Waals surface area contributed by atoms with Crippen LogP contribution >= 0.6 is 0 Å². The monoisotopic (exact) mass is 403 g/mol. The fraction of sp³-hybridized carbons (Fsp3) is 0.167. The third kappa shape index (κ3) is 4.49. The Labute approximate surface area is 174 Å². The van der Waals surface area contributed by atoms with E-state index in [1.54, 1.807) is 29.1 Å². The maximum atomic E-state index is 14.5. The van der Waals surface area contributed by atoms with E-state index >= 15 is 0 Å². The highest BCUT2D eigenvalue weighted by molar-refractivity contribution is 5.76. The number of rotatable bonds is 7. The molecule has 5 nitrogen and oxygen atoms in total. The van der Waals surface area contributed by atoms with Gasteiger partial charge >= 0.3 is 0 Å². The van der Waals surface area contributed by atoms with E-state index in [1.807, 2.05) is 49.4 Å². The Morgan fingerprint density at radius 3 is 2.70 bits per heavy atom. The van der Waals surface area contributed by atoms with E-state index in [-0.39, 0.29) is 18.3 Å². The minimum absolute atomic E-state index is 0.109. The first-order valence-electron chi connectivity index (χ1n) is 9.80. The average Bonchev–Trinajstić information content (AvgIpc) is 3.41. The lowest BCUT2D eigenvalue weighted by atomic mass is 10.1. The molecule has 0 spiro atoms. The number of furan rings is 1. The van der Waals surface area contributed by atoms with Crippen molar-refractivity contribution in [2.75, 3.05) is 0 Å². The second-order valence-corrected chi connectivity index (χ2v) is 7.04. The molecule has 30 heavy (non-hydrogen) atoms. The highest BCUT2D eigenvalue weighted by Gasteiger charge is 2.10. The van der Waals surface area contributed by atoms with Gasteiger partial charge in [-0.05, 0) is 36.8 Å². The SMILES string of the molecule is Cc1nccn1-c1ccc(CNC(=O)CCc2ccc(-c3ccccc3)o2)cc1F. The quantitative estimate of drug-likeness (QED) is 0.481. The number of halogens is 1. The first kappa shape index (κ1) is 19.6. The summed E-state index contributed by atoms with van der Waals surface area (Å²) in [5, 5.41) is 2.83. The Kier molecular flexibility index (Phi) is 5.75. The zero-order valence-corrected chi connectivity index (χ0v) is 16.6. The molecule has 0 atom stereocenters. The molecule has 2 heterocycles. The molecule has 0 radical (unpaired) electrons.